The van der Waals surface area contributed by atoms with E-state index >= 15 is 0 Å². The Bertz CT molecular complexity index is 527. The molecule has 0 aliphatic heterocycles. The average molecular weight is 284 g/mol. The Morgan fingerprint density at radius 2 is 1.95 bits per heavy atom. The molecule has 1 fully saturated rings. The summed E-state index contributed by atoms with van der Waals surface area (Å²) in [5.41, 5.74) is 4.53. The zero-order valence-electron chi connectivity index (χ0n) is 10.2. The third-order valence-corrected chi connectivity index (χ3v) is 3.93. The first-order chi connectivity index (χ1) is 8.95. The van der Waals surface area contributed by atoms with E-state index < -0.39 is 23.0 Å². The number of carbonyl (C=O) groups is 1. The molecule has 3 nitrogen and oxygen atoms in total. The van der Waals surface area contributed by atoms with Gasteiger partial charge in [0.15, 0.2) is 0 Å². The second-order valence-electron chi connectivity index (χ2n) is 4.73. The van der Waals surface area contributed by atoms with Crippen molar-refractivity contribution in [2.45, 2.75) is 25.7 Å². The highest BCUT2D eigenvalue weighted by molar-refractivity contribution is 7.80. The lowest BCUT2D eigenvalue weighted by Crippen LogP contribution is -2.44. The molecule has 1 aliphatic carbocycles. The first kappa shape index (κ1) is 13.9. The molecule has 1 aliphatic rings. The Kier molecular flexibility index (Phi) is 3.80. The van der Waals surface area contributed by atoms with Crippen LogP contribution in [0.5, 0.6) is 0 Å². The molecule has 102 valence electrons. The number of carbonyl (C=O) groups excluding carboxylic acids is 1. The van der Waals surface area contributed by atoms with Crippen LogP contribution in [0.2, 0.25) is 0 Å². The molecule has 0 atom stereocenters. The van der Waals surface area contributed by atoms with Gasteiger partial charge in [0.2, 0.25) is 5.91 Å². The highest BCUT2D eigenvalue weighted by Gasteiger charge is 2.44. The zero-order chi connectivity index (χ0) is 14.0. The van der Waals surface area contributed by atoms with Crippen LogP contribution in [0.15, 0.2) is 18.2 Å². The van der Waals surface area contributed by atoms with Crippen molar-refractivity contribution in [3.8, 4) is 0 Å². The lowest BCUT2D eigenvalue weighted by atomic mass is 9.85. The van der Waals surface area contributed by atoms with Gasteiger partial charge in [-0.05, 0) is 25.0 Å². The minimum absolute atomic E-state index is 0.110. The number of thiocarbonyl (C=S) groups is 1. The molecule has 0 aromatic heterocycles. The van der Waals surface area contributed by atoms with E-state index in [4.69, 9.17) is 18.0 Å². The standard InChI is InChI=1S/C13H14F2N2OS/c14-8-3-4-9(15)10(7-8)17-12(18)13(11(16)19)5-1-2-6-13/h3-4,7H,1-2,5-6H2,(H2,16,19)(H,17,18). The van der Waals surface area contributed by atoms with E-state index in [-0.39, 0.29) is 10.7 Å². The molecule has 3 N–H and O–H groups in total. The van der Waals surface area contributed by atoms with Crippen molar-refractivity contribution in [1.82, 2.24) is 0 Å². The Labute approximate surface area is 115 Å². The predicted octanol–water partition coefficient (Wildman–Crippen LogP) is 2.75. The van der Waals surface area contributed by atoms with Gasteiger partial charge in [-0.15, -0.1) is 0 Å². The van der Waals surface area contributed by atoms with Crippen LogP contribution in [0.4, 0.5) is 14.5 Å². The summed E-state index contributed by atoms with van der Waals surface area (Å²) in [7, 11) is 0. The molecule has 0 bridgehead atoms. The number of halogens is 2. The maximum absolute atomic E-state index is 13.5. The van der Waals surface area contributed by atoms with E-state index in [9.17, 15) is 13.6 Å². The number of hydrogen-bond acceptors (Lipinski definition) is 2. The highest BCUT2D eigenvalue weighted by Crippen LogP contribution is 2.39. The van der Waals surface area contributed by atoms with Gasteiger partial charge in [0.1, 0.15) is 11.6 Å². The number of anilines is 1. The average Bonchev–Trinajstić information content (AvgIpc) is 2.84. The summed E-state index contributed by atoms with van der Waals surface area (Å²) in [5.74, 6) is -1.76. The fourth-order valence-electron chi connectivity index (χ4n) is 2.40. The van der Waals surface area contributed by atoms with E-state index in [1.165, 1.54) is 0 Å². The van der Waals surface area contributed by atoms with E-state index in [1.54, 1.807) is 0 Å². The van der Waals surface area contributed by atoms with Crippen molar-refractivity contribution in [2.75, 3.05) is 5.32 Å². The highest BCUT2D eigenvalue weighted by atomic mass is 32.1. The van der Waals surface area contributed by atoms with Gasteiger partial charge in [-0.1, -0.05) is 25.1 Å². The van der Waals surface area contributed by atoms with Crippen LogP contribution in [0, 0.1) is 17.0 Å². The smallest absolute Gasteiger partial charge is 0.237 e. The summed E-state index contributed by atoms with van der Waals surface area (Å²) >= 11 is 4.97. The molecule has 2 rings (SSSR count). The van der Waals surface area contributed by atoms with Crippen molar-refractivity contribution >= 4 is 28.8 Å². The van der Waals surface area contributed by atoms with Crippen molar-refractivity contribution in [1.29, 1.82) is 0 Å². The normalized spacial score (nSPS) is 17.2. The summed E-state index contributed by atoms with van der Waals surface area (Å²) in [5, 5.41) is 2.39. The SMILES string of the molecule is NC(=S)C1(C(=O)Nc2cc(F)ccc2F)CCCC1. The molecule has 1 aromatic rings. The van der Waals surface area contributed by atoms with Crippen molar-refractivity contribution in [2.24, 2.45) is 11.1 Å². The molecule has 0 unspecified atom stereocenters. The fraction of sp³-hybridized carbons (Fsp3) is 0.385. The maximum Gasteiger partial charge on any atom is 0.237 e. The van der Waals surface area contributed by atoms with Gasteiger partial charge in [-0.2, -0.15) is 0 Å². The third kappa shape index (κ3) is 2.58. The van der Waals surface area contributed by atoms with Gasteiger partial charge in [0, 0.05) is 6.07 Å². The van der Waals surface area contributed by atoms with Crippen LogP contribution in [-0.2, 0) is 4.79 Å². The molecule has 0 heterocycles. The van der Waals surface area contributed by atoms with Gasteiger partial charge in [0.05, 0.1) is 16.1 Å². The Balaban J connectivity index is 2.25. The monoisotopic (exact) mass is 284 g/mol. The van der Waals surface area contributed by atoms with Crippen LogP contribution < -0.4 is 11.1 Å². The summed E-state index contributed by atoms with van der Waals surface area (Å²) < 4.78 is 26.6. The fourth-order valence-corrected chi connectivity index (χ4v) is 2.70. The topological polar surface area (TPSA) is 55.1 Å². The Hall–Kier alpha value is -1.56. The minimum atomic E-state index is -0.936. The predicted molar refractivity (Wildman–Crippen MR) is 72.7 cm³/mol. The van der Waals surface area contributed by atoms with Crippen LogP contribution in [0.1, 0.15) is 25.7 Å². The van der Waals surface area contributed by atoms with Crippen molar-refractivity contribution in [3.05, 3.63) is 29.8 Å². The minimum Gasteiger partial charge on any atom is -0.392 e. The molecule has 0 radical (unpaired) electrons. The van der Waals surface area contributed by atoms with Crippen LogP contribution >= 0.6 is 12.2 Å². The molecule has 0 spiro atoms. The lowest BCUT2D eigenvalue weighted by Gasteiger charge is -2.26. The number of amides is 1. The number of hydrogen-bond donors (Lipinski definition) is 2. The Morgan fingerprint density at radius 1 is 1.32 bits per heavy atom. The van der Waals surface area contributed by atoms with E-state index in [0.717, 1.165) is 31.0 Å². The van der Waals surface area contributed by atoms with Crippen molar-refractivity contribution in [3.63, 3.8) is 0 Å². The van der Waals surface area contributed by atoms with Crippen molar-refractivity contribution < 1.29 is 13.6 Å². The van der Waals surface area contributed by atoms with Gasteiger partial charge >= 0.3 is 0 Å². The first-order valence-electron chi connectivity index (χ1n) is 6.02. The van der Waals surface area contributed by atoms with Crippen LogP contribution in [0.25, 0.3) is 0 Å². The number of nitrogens with two attached hydrogens (primary N) is 1. The molecule has 1 amide bonds. The Morgan fingerprint density at radius 3 is 2.53 bits per heavy atom. The van der Waals surface area contributed by atoms with Gasteiger partial charge in [0.25, 0.3) is 0 Å². The lowest BCUT2D eigenvalue weighted by molar-refractivity contribution is -0.122. The van der Waals surface area contributed by atoms with Crippen LogP contribution in [0.3, 0.4) is 0 Å². The third-order valence-electron chi connectivity index (χ3n) is 3.54. The molecule has 19 heavy (non-hydrogen) atoms. The maximum atomic E-state index is 13.5. The largest absolute Gasteiger partial charge is 0.392 e. The van der Waals surface area contributed by atoms with Gasteiger partial charge < -0.3 is 11.1 Å². The second-order valence-corrected chi connectivity index (χ2v) is 5.17. The molecular formula is C13H14F2N2OS. The molecule has 6 heteroatoms. The second kappa shape index (κ2) is 5.21. The van der Waals surface area contributed by atoms with Gasteiger partial charge in [-0.3, -0.25) is 4.79 Å². The molecular weight excluding hydrogens is 270 g/mol. The quantitative estimate of drug-likeness (QED) is 0.839. The molecule has 1 saturated carbocycles. The number of benzene rings is 1. The summed E-state index contributed by atoms with van der Waals surface area (Å²) in [6.07, 6.45) is 2.78. The summed E-state index contributed by atoms with van der Waals surface area (Å²) in [6, 6.07) is 2.90. The van der Waals surface area contributed by atoms with E-state index in [2.05, 4.69) is 5.32 Å². The first-order valence-corrected chi connectivity index (χ1v) is 6.43. The zero-order valence-corrected chi connectivity index (χ0v) is 11.0. The number of nitrogens with one attached hydrogen (secondary N) is 1. The number of rotatable bonds is 3. The van der Waals surface area contributed by atoms with Crippen LogP contribution in [-0.4, -0.2) is 10.9 Å². The van der Waals surface area contributed by atoms with Gasteiger partial charge in [-0.25, -0.2) is 8.78 Å². The molecule has 0 saturated heterocycles. The summed E-state index contributed by atoms with van der Waals surface area (Å²) in [4.78, 5) is 12.4. The van der Waals surface area contributed by atoms with E-state index in [1.807, 2.05) is 0 Å². The summed E-state index contributed by atoms with van der Waals surface area (Å²) in [6.45, 7) is 0. The van der Waals surface area contributed by atoms with E-state index in [0.29, 0.717) is 12.8 Å². The molecule has 1 aromatic carbocycles.